The number of amides is 2. The van der Waals surface area contributed by atoms with Gasteiger partial charge in [-0.15, -0.1) is 0 Å². The van der Waals surface area contributed by atoms with Crippen LogP contribution in [-0.4, -0.2) is 38.9 Å². The summed E-state index contributed by atoms with van der Waals surface area (Å²) in [7, 11) is -0.864. The number of aromatic hydroxyl groups is 1. The molecule has 0 saturated heterocycles. The van der Waals surface area contributed by atoms with E-state index in [1.54, 1.807) is 12.1 Å². The van der Waals surface area contributed by atoms with Gasteiger partial charge in [-0.05, 0) is 37.0 Å². The Morgan fingerprint density at radius 1 is 1.26 bits per heavy atom. The van der Waals surface area contributed by atoms with Crippen molar-refractivity contribution >= 4 is 16.8 Å². The maximum atomic E-state index is 12.1. The first kappa shape index (κ1) is 17.8. The molecule has 0 aromatic heterocycles. The fourth-order valence-electron chi connectivity index (χ4n) is 2.99. The summed E-state index contributed by atoms with van der Waals surface area (Å²) < 4.78 is 12.1. The summed E-state index contributed by atoms with van der Waals surface area (Å²) in [6.45, 7) is 2.46. The van der Waals surface area contributed by atoms with Gasteiger partial charge in [0.05, 0.1) is 5.25 Å². The molecular weight excluding hydrogens is 312 g/mol. The maximum absolute atomic E-state index is 12.1. The first-order chi connectivity index (χ1) is 11.1. The second-order valence-corrected chi connectivity index (χ2v) is 7.86. The topological polar surface area (TPSA) is 78.4 Å². The van der Waals surface area contributed by atoms with Crippen molar-refractivity contribution in [2.75, 3.05) is 12.3 Å². The van der Waals surface area contributed by atoms with Crippen molar-refractivity contribution in [1.82, 2.24) is 10.6 Å². The van der Waals surface area contributed by atoms with Crippen LogP contribution in [0.4, 0.5) is 4.79 Å². The fraction of sp³-hybridized carbons (Fsp3) is 0.588. The van der Waals surface area contributed by atoms with Crippen LogP contribution in [0.1, 0.15) is 38.2 Å². The fourth-order valence-corrected chi connectivity index (χ4v) is 4.42. The third-order valence-electron chi connectivity index (χ3n) is 4.28. The highest BCUT2D eigenvalue weighted by molar-refractivity contribution is 7.85. The van der Waals surface area contributed by atoms with Crippen LogP contribution in [0.3, 0.4) is 0 Å². The lowest BCUT2D eigenvalue weighted by Gasteiger charge is -2.31. The number of phenols is 1. The number of carbonyl (C=O) groups is 1. The second-order valence-electron chi connectivity index (χ2n) is 5.92. The molecule has 1 saturated carbocycles. The molecule has 0 unspecified atom stereocenters. The zero-order valence-electron chi connectivity index (χ0n) is 13.6. The van der Waals surface area contributed by atoms with Gasteiger partial charge in [-0.2, -0.15) is 0 Å². The largest absolute Gasteiger partial charge is 0.508 e. The number of benzene rings is 1. The Morgan fingerprint density at radius 3 is 2.65 bits per heavy atom. The van der Waals surface area contributed by atoms with Crippen LogP contribution in [0.5, 0.6) is 5.75 Å². The van der Waals surface area contributed by atoms with E-state index in [4.69, 9.17) is 0 Å². The summed E-state index contributed by atoms with van der Waals surface area (Å²) in [5.41, 5.74) is 1.06. The lowest BCUT2D eigenvalue weighted by atomic mass is 9.95. The Kier molecular flexibility index (Phi) is 6.89. The standard InChI is InChI=1S/C17H26N2O3S/c1-2-23(22)16-6-4-3-5-15(16)19-17(21)18-12-11-13-7-9-14(20)10-8-13/h7-10,15-16,20H,2-6,11-12H2,1H3,(H2,18,19,21)/t15-,16-,23+/m0/s1. The molecule has 1 aromatic rings. The monoisotopic (exact) mass is 338 g/mol. The van der Waals surface area contributed by atoms with Crippen molar-refractivity contribution in [3.05, 3.63) is 29.8 Å². The zero-order chi connectivity index (χ0) is 16.7. The summed E-state index contributed by atoms with van der Waals surface area (Å²) in [4.78, 5) is 12.1. The molecule has 0 spiro atoms. The van der Waals surface area contributed by atoms with E-state index < -0.39 is 10.8 Å². The summed E-state index contributed by atoms with van der Waals surface area (Å²) in [5, 5.41) is 15.2. The van der Waals surface area contributed by atoms with E-state index in [2.05, 4.69) is 10.6 Å². The highest BCUT2D eigenvalue weighted by Gasteiger charge is 2.30. The molecule has 128 valence electrons. The molecule has 1 aliphatic carbocycles. The average Bonchev–Trinajstić information content (AvgIpc) is 2.56. The van der Waals surface area contributed by atoms with Crippen LogP contribution in [0.2, 0.25) is 0 Å². The van der Waals surface area contributed by atoms with Gasteiger partial charge in [0.25, 0.3) is 0 Å². The van der Waals surface area contributed by atoms with Crippen molar-refractivity contribution in [3.8, 4) is 5.75 Å². The van der Waals surface area contributed by atoms with E-state index in [1.807, 2.05) is 19.1 Å². The number of hydrogen-bond acceptors (Lipinski definition) is 3. The van der Waals surface area contributed by atoms with E-state index in [1.165, 1.54) is 0 Å². The normalized spacial score (nSPS) is 22.3. The number of nitrogens with one attached hydrogen (secondary N) is 2. The van der Waals surface area contributed by atoms with Gasteiger partial charge in [-0.25, -0.2) is 4.79 Å². The quantitative estimate of drug-likeness (QED) is 0.745. The summed E-state index contributed by atoms with van der Waals surface area (Å²) >= 11 is 0. The third kappa shape index (κ3) is 5.53. The second kappa shape index (κ2) is 8.91. The van der Waals surface area contributed by atoms with Gasteiger partial charge in [0.1, 0.15) is 5.75 Å². The molecule has 0 aliphatic heterocycles. The molecule has 0 radical (unpaired) electrons. The lowest BCUT2D eigenvalue weighted by molar-refractivity contribution is 0.233. The highest BCUT2D eigenvalue weighted by atomic mass is 32.2. The molecule has 3 N–H and O–H groups in total. The minimum atomic E-state index is -0.864. The van der Waals surface area contributed by atoms with Gasteiger partial charge in [0.2, 0.25) is 0 Å². The SMILES string of the molecule is CC[S@@](=O)[C@H]1CCCC[C@@H]1NC(=O)NCCc1ccc(O)cc1. The molecular formula is C17H26N2O3S. The van der Waals surface area contributed by atoms with Crippen LogP contribution >= 0.6 is 0 Å². The van der Waals surface area contributed by atoms with Crippen LogP contribution < -0.4 is 10.6 Å². The minimum Gasteiger partial charge on any atom is -0.508 e. The molecule has 1 aromatic carbocycles. The molecule has 0 heterocycles. The van der Waals surface area contributed by atoms with Crippen LogP contribution in [-0.2, 0) is 17.2 Å². The minimum absolute atomic E-state index is 0.0122. The highest BCUT2D eigenvalue weighted by Crippen LogP contribution is 2.23. The Hall–Kier alpha value is -1.56. The molecule has 3 atom stereocenters. The Morgan fingerprint density at radius 2 is 1.96 bits per heavy atom. The first-order valence-electron chi connectivity index (χ1n) is 8.29. The first-order valence-corrected chi connectivity index (χ1v) is 9.67. The summed E-state index contributed by atoms with van der Waals surface area (Å²) in [6, 6.07) is 6.80. The van der Waals surface area contributed by atoms with Crippen molar-refractivity contribution in [2.24, 2.45) is 0 Å². The van der Waals surface area contributed by atoms with Crippen LogP contribution in [0.25, 0.3) is 0 Å². The average molecular weight is 338 g/mol. The number of phenolic OH excluding ortho intramolecular Hbond substituents is 1. The number of rotatable bonds is 6. The molecule has 0 bridgehead atoms. The molecule has 2 amide bonds. The smallest absolute Gasteiger partial charge is 0.315 e. The molecule has 1 aliphatic rings. The number of carbonyl (C=O) groups excluding carboxylic acids is 1. The molecule has 2 rings (SSSR count). The van der Waals surface area contributed by atoms with E-state index in [-0.39, 0.29) is 23.1 Å². The van der Waals surface area contributed by atoms with E-state index in [0.29, 0.717) is 18.7 Å². The number of urea groups is 1. The Labute approximate surface area is 140 Å². The molecule has 23 heavy (non-hydrogen) atoms. The van der Waals surface area contributed by atoms with Crippen molar-refractivity contribution in [1.29, 1.82) is 0 Å². The lowest BCUT2D eigenvalue weighted by Crippen LogP contribution is -2.50. The Balaban J connectivity index is 1.76. The van der Waals surface area contributed by atoms with E-state index >= 15 is 0 Å². The van der Waals surface area contributed by atoms with Gasteiger partial charge in [0.15, 0.2) is 0 Å². The third-order valence-corrected chi connectivity index (χ3v) is 6.09. The van der Waals surface area contributed by atoms with E-state index in [0.717, 1.165) is 31.2 Å². The van der Waals surface area contributed by atoms with Crippen molar-refractivity contribution in [2.45, 2.75) is 50.3 Å². The maximum Gasteiger partial charge on any atom is 0.315 e. The van der Waals surface area contributed by atoms with Gasteiger partial charge >= 0.3 is 6.03 Å². The van der Waals surface area contributed by atoms with Gasteiger partial charge in [-0.3, -0.25) is 4.21 Å². The van der Waals surface area contributed by atoms with E-state index in [9.17, 15) is 14.1 Å². The van der Waals surface area contributed by atoms with Gasteiger partial charge < -0.3 is 15.7 Å². The van der Waals surface area contributed by atoms with Crippen LogP contribution in [0, 0.1) is 0 Å². The van der Waals surface area contributed by atoms with Crippen LogP contribution in [0.15, 0.2) is 24.3 Å². The van der Waals surface area contributed by atoms with Gasteiger partial charge in [0, 0.05) is 29.1 Å². The van der Waals surface area contributed by atoms with Gasteiger partial charge in [-0.1, -0.05) is 31.9 Å². The molecule has 6 heteroatoms. The predicted molar refractivity (Wildman–Crippen MR) is 93.1 cm³/mol. The van der Waals surface area contributed by atoms with Crippen molar-refractivity contribution in [3.63, 3.8) is 0 Å². The molecule has 1 fully saturated rings. The van der Waals surface area contributed by atoms with Crippen molar-refractivity contribution < 1.29 is 14.1 Å². The predicted octanol–water partition coefficient (Wildman–Crippen LogP) is 2.31. The summed E-state index contributed by atoms with van der Waals surface area (Å²) in [6.07, 6.45) is 4.72. The molecule has 5 nitrogen and oxygen atoms in total. The number of hydrogen-bond donors (Lipinski definition) is 3. The summed E-state index contributed by atoms with van der Waals surface area (Å²) in [5.74, 6) is 0.886. The zero-order valence-corrected chi connectivity index (χ0v) is 14.4. The Bertz CT molecular complexity index is 533.